The van der Waals surface area contributed by atoms with E-state index in [9.17, 15) is 9.59 Å². The Bertz CT molecular complexity index is 641. The summed E-state index contributed by atoms with van der Waals surface area (Å²) < 4.78 is 5.24. The van der Waals surface area contributed by atoms with E-state index in [1.807, 2.05) is 0 Å². The van der Waals surface area contributed by atoms with Crippen LogP contribution in [0, 0.1) is 0 Å². The van der Waals surface area contributed by atoms with Crippen LogP contribution in [0.3, 0.4) is 0 Å². The Labute approximate surface area is 111 Å². The number of carbonyl (C=O) groups is 2. The fourth-order valence-electron chi connectivity index (χ4n) is 1.61. The number of anilines is 2. The van der Waals surface area contributed by atoms with Crippen molar-refractivity contribution in [1.29, 1.82) is 0 Å². The molecule has 8 heteroatoms. The van der Waals surface area contributed by atoms with Gasteiger partial charge in [-0.1, -0.05) is 11.3 Å². The summed E-state index contributed by atoms with van der Waals surface area (Å²) in [5.41, 5.74) is 2.51. The second kappa shape index (κ2) is 4.65. The maximum atomic E-state index is 11.9. The predicted octanol–water partition coefficient (Wildman–Crippen LogP) is 1.12. The Balaban J connectivity index is 1.82. The zero-order chi connectivity index (χ0) is 13.2. The lowest BCUT2D eigenvalue weighted by molar-refractivity contribution is -0.118. The first-order valence-corrected chi connectivity index (χ1v) is 6.24. The molecule has 0 unspecified atom stereocenters. The van der Waals surface area contributed by atoms with E-state index in [0.29, 0.717) is 22.1 Å². The normalized spacial score (nSPS) is 13.2. The third-order valence-electron chi connectivity index (χ3n) is 2.46. The molecule has 0 fully saturated rings. The molecule has 0 aliphatic carbocycles. The molecule has 2 N–H and O–H groups in total. The van der Waals surface area contributed by atoms with Crippen molar-refractivity contribution >= 4 is 34.0 Å². The van der Waals surface area contributed by atoms with Gasteiger partial charge in [0.2, 0.25) is 5.13 Å². The molecular formula is C11H8N4O3S. The number of benzene rings is 1. The summed E-state index contributed by atoms with van der Waals surface area (Å²) in [7, 11) is 0. The average molecular weight is 276 g/mol. The predicted molar refractivity (Wildman–Crippen MR) is 68.4 cm³/mol. The number of rotatable bonds is 2. The standard InChI is InChI=1S/C11H8N4O3S/c16-9-4-18-8-3-6(1-2-7(8)13-9)10(17)14-11-15-12-5-19-11/h1-3,5H,4H2,(H,13,16)(H,14,15,17). The molecule has 0 atom stereocenters. The Kier molecular flexibility index (Phi) is 2.84. The summed E-state index contributed by atoms with van der Waals surface area (Å²) in [5.74, 6) is -0.0388. The zero-order valence-corrected chi connectivity index (χ0v) is 10.4. The smallest absolute Gasteiger partial charge is 0.262 e. The molecule has 96 valence electrons. The van der Waals surface area contributed by atoms with E-state index in [2.05, 4.69) is 20.8 Å². The van der Waals surface area contributed by atoms with E-state index in [1.54, 1.807) is 18.2 Å². The number of amides is 2. The fourth-order valence-corrected chi connectivity index (χ4v) is 2.05. The van der Waals surface area contributed by atoms with Crippen LogP contribution in [0.4, 0.5) is 10.8 Å². The van der Waals surface area contributed by atoms with Crippen molar-refractivity contribution in [2.45, 2.75) is 0 Å². The Morgan fingerprint density at radius 3 is 3.16 bits per heavy atom. The van der Waals surface area contributed by atoms with Gasteiger partial charge >= 0.3 is 0 Å². The Morgan fingerprint density at radius 2 is 2.37 bits per heavy atom. The topological polar surface area (TPSA) is 93.2 Å². The molecule has 7 nitrogen and oxygen atoms in total. The van der Waals surface area contributed by atoms with Crippen LogP contribution in [0.5, 0.6) is 5.75 Å². The van der Waals surface area contributed by atoms with Crippen LogP contribution in [0.2, 0.25) is 0 Å². The lowest BCUT2D eigenvalue weighted by Crippen LogP contribution is -2.25. The Morgan fingerprint density at radius 1 is 1.47 bits per heavy atom. The molecule has 2 heterocycles. The van der Waals surface area contributed by atoms with Crippen LogP contribution in [0.1, 0.15) is 10.4 Å². The van der Waals surface area contributed by atoms with Gasteiger partial charge in [0.15, 0.2) is 6.61 Å². The summed E-state index contributed by atoms with van der Waals surface area (Å²) in [6.07, 6.45) is 0. The number of hydrogen-bond acceptors (Lipinski definition) is 6. The van der Waals surface area contributed by atoms with Crippen molar-refractivity contribution in [3.05, 3.63) is 29.3 Å². The number of ether oxygens (including phenoxy) is 1. The largest absolute Gasteiger partial charge is 0.482 e. The second-order valence-corrected chi connectivity index (χ2v) is 4.58. The highest BCUT2D eigenvalue weighted by molar-refractivity contribution is 7.13. The van der Waals surface area contributed by atoms with Gasteiger partial charge in [0.05, 0.1) is 5.69 Å². The summed E-state index contributed by atoms with van der Waals surface area (Å²) in [5, 5.41) is 13.1. The van der Waals surface area contributed by atoms with E-state index in [0.717, 1.165) is 0 Å². The number of carbonyl (C=O) groups excluding carboxylic acids is 2. The van der Waals surface area contributed by atoms with Gasteiger partial charge in [-0.15, -0.1) is 10.2 Å². The van der Waals surface area contributed by atoms with Crippen LogP contribution in [-0.4, -0.2) is 28.6 Å². The Hall–Kier alpha value is -2.48. The molecule has 2 amide bonds. The van der Waals surface area contributed by atoms with Crippen molar-refractivity contribution in [2.75, 3.05) is 17.2 Å². The van der Waals surface area contributed by atoms with E-state index in [1.165, 1.54) is 16.8 Å². The van der Waals surface area contributed by atoms with Gasteiger partial charge in [0.1, 0.15) is 11.3 Å². The first kappa shape index (κ1) is 11.6. The van der Waals surface area contributed by atoms with Crippen molar-refractivity contribution in [3.63, 3.8) is 0 Å². The number of aromatic nitrogens is 2. The molecule has 2 aromatic rings. The SMILES string of the molecule is O=C1COc2cc(C(=O)Nc3nncs3)ccc2N1. The molecule has 0 bridgehead atoms. The van der Waals surface area contributed by atoms with E-state index in [4.69, 9.17) is 4.74 Å². The van der Waals surface area contributed by atoms with Gasteiger partial charge in [-0.3, -0.25) is 14.9 Å². The van der Waals surface area contributed by atoms with Crippen LogP contribution >= 0.6 is 11.3 Å². The summed E-state index contributed by atoms with van der Waals surface area (Å²) in [6.45, 7) is -0.0472. The molecule has 1 aliphatic rings. The number of hydrogen-bond donors (Lipinski definition) is 2. The van der Waals surface area contributed by atoms with Crippen molar-refractivity contribution in [3.8, 4) is 5.75 Å². The molecule has 0 spiro atoms. The van der Waals surface area contributed by atoms with Gasteiger partial charge in [-0.25, -0.2) is 0 Å². The highest BCUT2D eigenvalue weighted by atomic mass is 32.1. The first-order chi connectivity index (χ1) is 9.22. The number of nitrogens with zero attached hydrogens (tertiary/aromatic N) is 2. The van der Waals surface area contributed by atoms with Crippen LogP contribution in [0.25, 0.3) is 0 Å². The lowest BCUT2D eigenvalue weighted by Gasteiger charge is -2.18. The zero-order valence-electron chi connectivity index (χ0n) is 9.54. The van der Waals surface area contributed by atoms with Gasteiger partial charge < -0.3 is 10.1 Å². The molecule has 1 aliphatic heterocycles. The molecule has 0 saturated carbocycles. The quantitative estimate of drug-likeness (QED) is 0.857. The highest BCUT2D eigenvalue weighted by Crippen LogP contribution is 2.28. The first-order valence-electron chi connectivity index (χ1n) is 5.36. The van der Waals surface area contributed by atoms with Crippen LogP contribution < -0.4 is 15.4 Å². The van der Waals surface area contributed by atoms with Crippen molar-refractivity contribution < 1.29 is 14.3 Å². The highest BCUT2D eigenvalue weighted by Gasteiger charge is 2.18. The molecule has 19 heavy (non-hydrogen) atoms. The minimum Gasteiger partial charge on any atom is -0.482 e. The maximum absolute atomic E-state index is 11.9. The van der Waals surface area contributed by atoms with Gasteiger partial charge in [0, 0.05) is 5.56 Å². The van der Waals surface area contributed by atoms with E-state index < -0.39 is 0 Å². The molecule has 0 saturated heterocycles. The van der Waals surface area contributed by atoms with Crippen LogP contribution in [0.15, 0.2) is 23.7 Å². The third kappa shape index (κ3) is 2.38. The van der Waals surface area contributed by atoms with Gasteiger partial charge in [0.25, 0.3) is 11.8 Å². The van der Waals surface area contributed by atoms with Crippen molar-refractivity contribution in [2.24, 2.45) is 0 Å². The van der Waals surface area contributed by atoms with E-state index >= 15 is 0 Å². The minimum atomic E-state index is -0.306. The number of nitrogens with one attached hydrogen (secondary N) is 2. The molecular weight excluding hydrogens is 268 g/mol. The van der Waals surface area contributed by atoms with Crippen molar-refractivity contribution in [1.82, 2.24) is 10.2 Å². The summed E-state index contributed by atoms with van der Waals surface area (Å²) >= 11 is 1.23. The monoisotopic (exact) mass is 276 g/mol. The number of fused-ring (bicyclic) bond motifs is 1. The maximum Gasteiger partial charge on any atom is 0.262 e. The van der Waals surface area contributed by atoms with Gasteiger partial charge in [-0.2, -0.15) is 0 Å². The van der Waals surface area contributed by atoms with Crippen LogP contribution in [-0.2, 0) is 4.79 Å². The molecule has 3 rings (SSSR count). The third-order valence-corrected chi connectivity index (χ3v) is 3.06. The van der Waals surface area contributed by atoms with E-state index in [-0.39, 0.29) is 18.4 Å². The second-order valence-electron chi connectivity index (χ2n) is 3.75. The summed E-state index contributed by atoms with van der Waals surface area (Å²) in [6, 6.07) is 4.80. The fraction of sp³-hybridized carbons (Fsp3) is 0.0909. The van der Waals surface area contributed by atoms with Gasteiger partial charge in [-0.05, 0) is 18.2 Å². The molecule has 0 radical (unpaired) electrons. The molecule has 1 aromatic heterocycles. The molecule has 1 aromatic carbocycles. The minimum absolute atomic E-state index is 0.0472. The average Bonchev–Trinajstić information content (AvgIpc) is 2.91. The lowest BCUT2D eigenvalue weighted by atomic mass is 10.1. The summed E-state index contributed by atoms with van der Waals surface area (Å²) in [4.78, 5) is 23.1.